The van der Waals surface area contributed by atoms with Gasteiger partial charge in [0, 0.05) is 30.7 Å². The number of rotatable bonds is 12. The Bertz CT molecular complexity index is 6020. The van der Waals surface area contributed by atoms with Crippen molar-refractivity contribution in [2.45, 2.75) is 190 Å². The second kappa shape index (κ2) is 36.0. The molecule has 0 N–H and O–H groups in total. The fraction of sp³-hybridized carbons (Fsp3) is 0.347. The maximum absolute atomic E-state index is 4.99. The van der Waals surface area contributed by atoms with Gasteiger partial charge in [0.05, 0.1) is 91.6 Å². The quantitative estimate of drug-likeness (QED) is 0.110. The van der Waals surface area contributed by atoms with Crippen LogP contribution in [0.2, 0.25) is 0 Å². The topological polar surface area (TPSA) is 135 Å². The molecule has 0 saturated heterocycles. The lowest BCUT2D eigenvalue weighted by Gasteiger charge is -2.10. The molecule has 0 amide bonds. The molecule has 15 rings (SSSR count). The van der Waals surface area contributed by atoms with E-state index >= 15 is 0 Å². The number of hydrogen-bond donors (Lipinski definition) is 0. The highest BCUT2D eigenvalue weighted by Gasteiger charge is 2.28. The molecule has 6 aromatic carbocycles. The van der Waals surface area contributed by atoms with Gasteiger partial charge in [0.25, 0.3) is 0 Å². The molecule has 0 aliphatic carbocycles. The van der Waals surface area contributed by atoms with E-state index in [4.69, 9.17) is 24.9 Å². The van der Waals surface area contributed by atoms with Crippen molar-refractivity contribution < 1.29 is 22.8 Å². The molecule has 0 spiro atoms. The molecule has 9 aromatic heterocycles. The van der Waals surface area contributed by atoms with E-state index in [0.29, 0.717) is 29.6 Å². The Balaban J connectivity index is 0.000000142. The van der Waals surface area contributed by atoms with Crippen molar-refractivity contribution in [3.05, 3.63) is 271 Å². The van der Waals surface area contributed by atoms with Crippen LogP contribution in [0.4, 0.5) is 0 Å². The Morgan fingerprint density at radius 3 is 1.19 bits per heavy atom. The van der Waals surface area contributed by atoms with Gasteiger partial charge in [0.2, 0.25) is 22.1 Å². The monoisotopic (exact) mass is 1530 g/mol. The third kappa shape index (κ3) is 19.2. The SMILES string of the molecule is Cc1cc(C)c(C)c(-c2nc3cc(C(C)C)cnc3c[n+]2C)c1.Cc1cc(C)c(C)c(-c2nc3cc(CC(C)C)cnc3c[n+]2C)c1.Cc1cc(C)c(C)c(-c2nc3cncc(C(C)C)c3c[n+]2C)c1.Cc1cc(C)c(C)c(-c2nc3cncc(CC(C)C)c3c[n+]2C)c1.Cc1ccccc1-c1nc(C(C)C)c2ccccc2[n+]1C. The Morgan fingerprint density at radius 1 is 0.313 bits per heavy atom. The van der Waals surface area contributed by atoms with Crippen LogP contribution in [0.3, 0.4) is 0 Å². The summed E-state index contributed by atoms with van der Waals surface area (Å²) in [6.45, 7) is 50.1. The van der Waals surface area contributed by atoms with E-state index in [0.717, 1.165) is 75.1 Å². The second-order valence-corrected chi connectivity index (χ2v) is 33.9. The van der Waals surface area contributed by atoms with Crippen LogP contribution in [-0.2, 0) is 48.1 Å². The molecule has 0 fully saturated rings. The van der Waals surface area contributed by atoms with E-state index in [1.165, 1.54) is 150 Å². The summed E-state index contributed by atoms with van der Waals surface area (Å²) in [5.41, 5.74) is 35.8. The maximum Gasteiger partial charge on any atom is 0.331 e. The first-order chi connectivity index (χ1) is 54.5. The van der Waals surface area contributed by atoms with Crippen LogP contribution in [0.15, 0.2) is 171 Å². The van der Waals surface area contributed by atoms with Crippen molar-refractivity contribution in [1.29, 1.82) is 0 Å². The molecular formula is C101H121N14+5. The van der Waals surface area contributed by atoms with Gasteiger partial charge in [-0.15, -0.1) is 0 Å². The van der Waals surface area contributed by atoms with Crippen molar-refractivity contribution in [3.8, 4) is 56.9 Å². The molecule has 0 radical (unpaired) electrons. The van der Waals surface area contributed by atoms with Gasteiger partial charge in [-0.25, -0.2) is 32.8 Å². The first kappa shape index (κ1) is 84.5. The summed E-state index contributed by atoms with van der Waals surface area (Å²) in [5, 5.41) is 3.63. The molecule has 0 atom stereocenters. The third-order valence-corrected chi connectivity index (χ3v) is 22.2. The lowest BCUT2D eigenvalue weighted by atomic mass is 9.98. The van der Waals surface area contributed by atoms with Gasteiger partial charge in [0.1, 0.15) is 30.3 Å². The average Bonchev–Trinajstić information content (AvgIpc) is 0.767. The number of fused-ring (bicyclic) bond motifs is 5. The molecule has 0 saturated carbocycles. The van der Waals surface area contributed by atoms with E-state index in [-0.39, 0.29) is 0 Å². The fourth-order valence-corrected chi connectivity index (χ4v) is 15.5. The minimum absolute atomic E-state index is 0.402. The number of nitrogens with zero attached hydrogens (tertiary/aromatic N) is 14. The van der Waals surface area contributed by atoms with Crippen molar-refractivity contribution in [2.75, 3.05) is 0 Å². The number of para-hydroxylation sites is 1. The van der Waals surface area contributed by atoms with Crippen LogP contribution in [0.5, 0.6) is 0 Å². The highest BCUT2D eigenvalue weighted by Crippen LogP contribution is 2.33. The molecule has 0 bridgehead atoms. The lowest BCUT2D eigenvalue weighted by Crippen LogP contribution is -2.34. The molecule has 15 aromatic rings. The highest BCUT2D eigenvalue weighted by molar-refractivity contribution is 5.84. The van der Waals surface area contributed by atoms with Crippen LogP contribution >= 0.6 is 0 Å². The van der Waals surface area contributed by atoms with Crippen molar-refractivity contribution in [2.24, 2.45) is 47.1 Å². The van der Waals surface area contributed by atoms with Gasteiger partial charge < -0.3 is 0 Å². The van der Waals surface area contributed by atoms with E-state index in [2.05, 4.69) is 357 Å². The normalized spacial score (nSPS) is 11.4. The Kier molecular flexibility index (Phi) is 26.4. The molecule has 0 aliphatic heterocycles. The maximum atomic E-state index is 4.99. The zero-order valence-corrected chi connectivity index (χ0v) is 73.7. The van der Waals surface area contributed by atoms with Gasteiger partial charge >= 0.3 is 29.1 Å². The minimum Gasteiger partial charge on any atom is -0.260 e. The third-order valence-electron chi connectivity index (χ3n) is 22.2. The number of aromatic nitrogens is 14. The summed E-state index contributed by atoms with van der Waals surface area (Å²) in [7, 11) is 10.3. The van der Waals surface area contributed by atoms with Crippen LogP contribution in [0.25, 0.3) is 112 Å². The molecule has 0 unspecified atom stereocenters. The van der Waals surface area contributed by atoms with Gasteiger partial charge in [-0.05, 0) is 301 Å². The average molecular weight is 1530 g/mol. The molecule has 9 heterocycles. The summed E-state index contributed by atoms with van der Waals surface area (Å²) in [4.78, 5) is 42.7. The summed E-state index contributed by atoms with van der Waals surface area (Å²) < 4.78 is 10.6. The number of hydrogen-bond acceptors (Lipinski definition) is 9. The summed E-state index contributed by atoms with van der Waals surface area (Å²) in [5.74, 6) is 7.51. The summed E-state index contributed by atoms with van der Waals surface area (Å²) in [6.07, 6.45) is 22.2. The highest BCUT2D eigenvalue weighted by atomic mass is 15.1. The Hall–Kier alpha value is -11.4. The summed E-state index contributed by atoms with van der Waals surface area (Å²) >= 11 is 0. The van der Waals surface area contributed by atoms with Crippen molar-refractivity contribution >= 4 is 54.8 Å². The van der Waals surface area contributed by atoms with Crippen LogP contribution < -0.4 is 22.8 Å². The molecular weight excluding hydrogens is 1410 g/mol. The smallest absolute Gasteiger partial charge is 0.260 e. The van der Waals surface area contributed by atoms with Crippen molar-refractivity contribution in [3.63, 3.8) is 0 Å². The number of benzene rings is 6. The van der Waals surface area contributed by atoms with E-state index in [1.807, 2.05) is 51.3 Å². The zero-order chi connectivity index (χ0) is 83.3. The second-order valence-electron chi connectivity index (χ2n) is 33.9. The van der Waals surface area contributed by atoms with Gasteiger partial charge in [-0.2, -0.15) is 0 Å². The predicted octanol–water partition coefficient (Wildman–Crippen LogP) is 21.0. The van der Waals surface area contributed by atoms with Gasteiger partial charge in [-0.3, -0.25) is 9.97 Å². The van der Waals surface area contributed by atoms with Crippen LogP contribution in [0.1, 0.15) is 187 Å². The fourth-order valence-electron chi connectivity index (χ4n) is 15.5. The number of pyridine rings is 4. The van der Waals surface area contributed by atoms with E-state index < -0.39 is 0 Å². The van der Waals surface area contributed by atoms with Crippen LogP contribution in [0, 0.1) is 102 Å². The zero-order valence-electron chi connectivity index (χ0n) is 73.7. The molecule has 14 heteroatoms. The first-order valence-corrected chi connectivity index (χ1v) is 40.8. The number of aryl methyl sites for hydroxylation is 14. The van der Waals surface area contributed by atoms with Gasteiger partial charge in [0.15, 0.2) is 16.7 Å². The van der Waals surface area contributed by atoms with Gasteiger partial charge in [-0.1, -0.05) is 124 Å². The Labute approximate surface area is 683 Å². The molecule has 115 heavy (non-hydrogen) atoms. The molecule has 0 aliphatic rings. The molecule has 14 nitrogen and oxygen atoms in total. The first-order valence-electron chi connectivity index (χ1n) is 40.8. The summed E-state index contributed by atoms with van der Waals surface area (Å²) in [6, 6.07) is 39.1. The minimum atomic E-state index is 0.402. The largest absolute Gasteiger partial charge is 0.331 e. The predicted molar refractivity (Wildman–Crippen MR) is 474 cm³/mol. The van der Waals surface area contributed by atoms with Crippen LogP contribution in [-0.4, -0.2) is 44.9 Å². The lowest BCUT2D eigenvalue weighted by molar-refractivity contribution is -0.661. The van der Waals surface area contributed by atoms with E-state index in [1.54, 1.807) is 0 Å². The standard InChI is InChI=1S/2C21H26N3.2C20H24N3.C19H21N2/c1-13(2)7-17-10-22-11-20-19(17)12-24(6)21(23-20)18-9-14(3)8-15(4)16(18)5;1-13(2)7-17-10-19-20(22-11-17)12-24(6)21(23-19)18-9-14(3)8-15(4)16(18)5;1-12(2)16-9-18-19(21-10-16)11-23(6)20(22-18)17-8-13(3)7-14(4)15(17)5;1-12(2)17-9-21-10-19-18(17)11-23(6)20(22-19)16-8-13(3)7-14(4)15(16)5;1-13(2)18-16-11-7-8-12-17(16)21(4)19(20-18)15-10-6-5-9-14(15)3/h2*8-13H,7H2,1-6H3;2*7-12H,1-6H3;5-13H,1-4H3/q5*+1. The molecule has 590 valence electrons. The van der Waals surface area contributed by atoms with E-state index in [9.17, 15) is 0 Å². The Morgan fingerprint density at radius 2 is 0.730 bits per heavy atom. The van der Waals surface area contributed by atoms with Crippen molar-refractivity contribution in [1.82, 2.24) is 44.9 Å².